The largest absolute Gasteiger partial charge is 0.354 e. The lowest BCUT2D eigenvalue weighted by molar-refractivity contribution is 0.286. The fourth-order valence-corrected chi connectivity index (χ4v) is 3.00. The first-order valence-electron chi connectivity index (χ1n) is 9.75. The van der Waals surface area contributed by atoms with Crippen LogP contribution in [0.1, 0.15) is 25.3 Å². The standard InChI is InChI=1S/C19H37N7/c1-16(2)17-15-21-19(22-18(17)26-9-7-20-8-10-26)25(6)14-13-24(5)12-11-23(3)4/h15-16,20H,7-14H2,1-6H3. The highest BCUT2D eigenvalue weighted by atomic mass is 15.3. The van der Waals surface area contributed by atoms with E-state index in [0.29, 0.717) is 5.92 Å². The van der Waals surface area contributed by atoms with Gasteiger partial charge in [-0.15, -0.1) is 0 Å². The third-order valence-electron chi connectivity index (χ3n) is 4.91. The predicted octanol–water partition coefficient (Wildman–Crippen LogP) is 0.939. The van der Waals surface area contributed by atoms with Crippen LogP contribution in [0.3, 0.4) is 0 Å². The van der Waals surface area contributed by atoms with Crippen LogP contribution in [0.4, 0.5) is 11.8 Å². The van der Waals surface area contributed by atoms with Gasteiger partial charge in [-0.25, -0.2) is 4.98 Å². The van der Waals surface area contributed by atoms with Gasteiger partial charge >= 0.3 is 0 Å². The molecule has 1 aromatic heterocycles. The molecule has 0 bridgehead atoms. The zero-order valence-corrected chi connectivity index (χ0v) is 17.5. The lowest BCUT2D eigenvalue weighted by Crippen LogP contribution is -2.44. The van der Waals surface area contributed by atoms with Gasteiger partial charge in [-0.2, -0.15) is 4.98 Å². The van der Waals surface area contributed by atoms with Gasteiger partial charge in [0, 0.05) is 71.2 Å². The Hall–Kier alpha value is -1.44. The Balaban J connectivity index is 2.03. The number of nitrogens with zero attached hydrogens (tertiary/aromatic N) is 6. The van der Waals surface area contributed by atoms with Crippen LogP contribution in [0.2, 0.25) is 0 Å². The van der Waals surface area contributed by atoms with Gasteiger partial charge in [-0.05, 0) is 27.1 Å². The van der Waals surface area contributed by atoms with E-state index in [1.165, 1.54) is 5.56 Å². The van der Waals surface area contributed by atoms with Crippen LogP contribution in [-0.2, 0) is 0 Å². The first-order valence-corrected chi connectivity index (χ1v) is 9.75. The highest BCUT2D eigenvalue weighted by Crippen LogP contribution is 2.27. The minimum absolute atomic E-state index is 0.427. The summed E-state index contributed by atoms with van der Waals surface area (Å²) < 4.78 is 0. The molecule has 148 valence electrons. The lowest BCUT2D eigenvalue weighted by Gasteiger charge is -2.31. The molecule has 0 atom stereocenters. The van der Waals surface area contributed by atoms with Crippen molar-refractivity contribution < 1.29 is 0 Å². The molecule has 1 N–H and O–H groups in total. The Labute approximate surface area is 159 Å². The molecule has 7 heteroatoms. The average molecular weight is 364 g/mol. The van der Waals surface area contributed by atoms with Gasteiger partial charge < -0.3 is 24.9 Å². The Morgan fingerprint density at radius 2 is 1.69 bits per heavy atom. The van der Waals surface area contributed by atoms with E-state index in [0.717, 1.165) is 64.1 Å². The summed E-state index contributed by atoms with van der Waals surface area (Å²) in [6.07, 6.45) is 2.02. The van der Waals surface area contributed by atoms with Crippen molar-refractivity contribution in [1.29, 1.82) is 0 Å². The molecule has 0 spiro atoms. The van der Waals surface area contributed by atoms with Crippen molar-refractivity contribution in [2.45, 2.75) is 19.8 Å². The molecule has 1 aliphatic heterocycles. The fraction of sp³-hybridized carbons (Fsp3) is 0.789. The van der Waals surface area contributed by atoms with E-state index < -0.39 is 0 Å². The average Bonchev–Trinajstić information content (AvgIpc) is 2.64. The Kier molecular flexibility index (Phi) is 8.06. The van der Waals surface area contributed by atoms with E-state index in [9.17, 15) is 0 Å². The van der Waals surface area contributed by atoms with Gasteiger partial charge in [0.05, 0.1) is 0 Å². The van der Waals surface area contributed by atoms with E-state index >= 15 is 0 Å². The SMILES string of the molecule is CC(C)c1cnc(N(C)CCN(C)CCN(C)C)nc1N1CCNCC1. The van der Waals surface area contributed by atoms with Crippen LogP contribution in [-0.4, -0.2) is 100 Å². The predicted molar refractivity (Wildman–Crippen MR) is 111 cm³/mol. The van der Waals surface area contributed by atoms with Crippen molar-refractivity contribution in [1.82, 2.24) is 25.1 Å². The molecule has 1 aliphatic rings. The van der Waals surface area contributed by atoms with E-state index in [2.05, 4.69) is 71.9 Å². The summed E-state index contributed by atoms with van der Waals surface area (Å²) >= 11 is 0. The van der Waals surface area contributed by atoms with Gasteiger partial charge in [-0.3, -0.25) is 0 Å². The summed E-state index contributed by atoms with van der Waals surface area (Å²) in [4.78, 5) is 18.7. The van der Waals surface area contributed by atoms with Gasteiger partial charge in [0.1, 0.15) is 5.82 Å². The number of nitrogens with one attached hydrogen (secondary N) is 1. The van der Waals surface area contributed by atoms with Crippen molar-refractivity contribution in [2.24, 2.45) is 0 Å². The van der Waals surface area contributed by atoms with Crippen LogP contribution in [0.25, 0.3) is 0 Å². The van der Waals surface area contributed by atoms with Crippen molar-refractivity contribution in [3.63, 3.8) is 0 Å². The Bertz CT molecular complexity index is 541. The summed E-state index contributed by atoms with van der Waals surface area (Å²) in [5, 5.41) is 3.42. The van der Waals surface area contributed by atoms with Gasteiger partial charge in [0.25, 0.3) is 0 Å². The first kappa shape index (κ1) is 20.9. The molecule has 1 aromatic rings. The summed E-state index contributed by atoms with van der Waals surface area (Å²) in [5.74, 6) is 2.36. The Morgan fingerprint density at radius 1 is 1.04 bits per heavy atom. The maximum Gasteiger partial charge on any atom is 0.227 e. The molecule has 0 radical (unpaired) electrons. The molecule has 26 heavy (non-hydrogen) atoms. The maximum atomic E-state index is 4.96. The summed E-state index contributed by atoms with van der Waals surface area (Å²) in [6, 6.07) is 0. The van der Waals surface area contributed by atoms with Crippen molar-refractivity contribution >= 4 is 11.8 Å². The van der Waals surface area contributed by atoms with Crippen LogP contribution < -0.4 is 15.1 Å². The third-order valence-corrected chi connectivity index (χ3v) is 4.91. The maximum absolute atomic E-state index is 4.96. The van der Waals surface area contributed by atoms with Crippen molar-refractivity contribution in [2.75, 3.05) is 90.3 Å². The molecule has 0 aliphatic carbocycles. The number of piperazine rings is 1. The molecule has 0 aromatic carbocycles. The highest BCUT2D eigenvalue weighted by molar-refractivity contribution is 5.52. The van der Waals surface area contributed by atoms with Crippen LogP contribution >= 0.6 is 0 Å². The molecular weight excluding hydrogens is 326 g/mol. The zero-order valence-electron chi connectivity index (χ0n) is 17.5. The van der Waals surface area contributed by atoms with Gasteiger partial charge in [0.15, 0.2) is 0 Å². The molecule has 1 fully saturated rings. The van der Waals surface area contributed by atoms with Crippen LogP contribution in [0.5, 0.6) is 0 Å². The van der Waals surface area contributed by atoms with Crippen LogP contribution in [0.15, 0.2) is 6.20 Å². The van der Waals surface area contributed by atoms with Gasteiger partial charge in [-0.1, -0.05) is 13.8 Å². The molecule has 7 nitrogen and oxygen atoms in total. The quantitative estimate of drug-likeness (QED) is 0.701. The minimum atomic E-state index is 0.427. The van der Waals surface area contributed by atoms with Crippen LogP contribution in [0, 0.1) is 0 Å². The molecule has 2 heterocycles. The monoisotopic (exact) mass is 363 g/mol. The van der Waals surface area contributed by atoms with E-state index in [1.807, 2.05) is 6.20 Å². The lowest BCUT2D eigenvalue weighted by atomic mass is 10.1. The summed E-state index contributed by atoms with van der Waals surface area (Å²) in [5.41, 5.74) is 1.24. The molecule has 0 saturated carbocycles. The molecule has 0 amide bonds. The third kappa shape index (κ3) is 6.07. The van der Waals surface area contributed by atoms with E-state index in [-0.39, 0.29) is 0 Å². The normalized spacial score (nSPS) is 15.3. The minimum Gasteiger partial charge on any atom is -0.354 e. The first-order chi connectivity index (χ1) is 12.4. The number of rotatable bonds is 9. The second kappa shape index (κ2) is 10.0. The molecule has 1 saturated heterocycles. The van der Waals surface area contributed by atoms with E-state index in [1.54, 1.807) is 0 Å². The summed E-state index contributed by atoms with van der Waals surface area (Å²) in [7, 11) is 8.49. The smallest absolute Gasteiger partial charge is 0.227 e. The van der Waals surface area contributed by atoms with Crippen molar-refractivity contribution in [3.05, 3.63) is 11.8 Å². The highest BCUT2D eigenvalue weighted by Gasteiger charge is 2.20. The van der Waals surface area contributed by atoms with Gasteiger partial charge in [0.2, 0.25) is 5.95 Å². The summed E-state index contributed by atoms with van der Waals surface area (Å²) in [6.45, 7) is 12.6. The van der Waals surface area contributed by atoms with E-state index in [4.69, 9.17) is 4.98 Å². The number of aromatic nitrogens is 2. The topological polar surface area (TPSA) is 50.8 Å². The molecular formula is C19H37N7. The number of anilines is 2. The van der Waals surface area contributed by atoms with Crippen molar-refractivity contribution in [3.8, 4) is 0 Å². The Morgan fingerprint density at radius 3 is 2.31 bits per heavy atom. The molecule has 2 rings (SSSR count). The fourth-order valence-electron chi connectivity index (χ4n) is 3.00. The number of hydrogen-bond acceptors (Lipinski definition) is 7. The second-order valence-corrected chi connectivity index (χ2v) is 7.87. The zero-order chi connectivity index (χ0) is 19.1. The number of likely N-dealkylation sites (N-methyl/N-ethyl adjacent to an activating group) is 3. The second-order valence-electron chi connectivity index (χ2n) is 7.87. The number of hydrogen-bond donors (Lipinski definition) is 1. The molecule has 0 unspecified atom stereocenters.